The number of anilines is 1. The quantitative estimate of drug-likeness (QED) is 0.552. The molecule has 0 bridgehead atoms. The molecular weight excluding hydrogens is 362 g/mol. The van der Waals surface area contributed by atoms with Crippen LogP contribution in [0.15, 0.2) is 40.6 Å². The summed E-state index contributed by atoms with van der Waals surface area (Å²) in [7, 11) is -3.74. The number of benzene rings is 1. The molecule has 1 N–H and O–H groups in total. The van der Waals surface area contributed by atoms with Gasteiger partial charge in [0, 0.05) is 24.0 Å². The maximum Gasteiger partial charge on any atom is 0.293 e. The third-order valence-electron chi connectivity index (χ3n) is 3.85. The zero-order chi connectivity index (χ0) is 18.6. The van der Waals surface area contributed by atoms with Crippen molar-refractivity contribution in [2.45, 2.75) is 31.7 Å². The number of nitrogens with one attached hydrogen (secondary N) is 1. The number of nitrogens with zero attached hydrogens (tertiary/aromatic N) is 2. The Morgan fingerprint density at radius 1 is 1.28 bits per heavy atom. The molecule has 0 aliphatic heterocycles. The minimum atomic E-state index is -3.74. The Bertz CT molecular complexity index is 831. The molecule has 1 atom stereocenters. The number of hydrogen-bond acceptors (Lipinski definition) is 6. The molecule has 0 saturated heterocycles. The van der Waals surface area contributed by atoms with Gasteiger partial charge in [0.05, 0.1) is 15.9 Å². The summed E-state index contributed by atoms with van der Waals surface area (Å²) in [6, 6.07) is 7.71. The van der Waals surface area contributed by atoms with E-state index in [1.807, 2.05) is 24.4 Å². The first-order chi connectivity index (χ1) is 11.8. The first kappa shape index (κ1) is 19.4. The molecule has 1 aromatic heterocycles. The van der Waals surface area contributed by atoms with Gasteiger partial charge in [0.15, 0.2) is 0 Å². The van der Waals surface area contributed by atoms with E-state index in [2.05, 4.69) is 5.32 Å². The van der Waals surface area contributed by atoms with Gasteiger partial charge in [-0.15, -0.1) is 11.3 Å². The van der Waals surface area contributed by atoms with Crippen LogP contribution in [0.1, 0.15) is 31.7 Å². The summed E-state index contributed by atoms with van der Waals surface area (Å²) in [4.78, 5) is 11.8. The van der Waals surface area contributed by atoms with E-state index >= 15 is 0 Å². The van der Waals surface area contributed by atoms with E-state index in [9.17, 15) is 18.5 Å². The predicted octanol–water partition coefficient (Wildman–Crippen LogP) is 3.86. The first-order valence-electron chi connectivity index (χ1n) is 7.89. The molecule has 9 heteroatoms. The topological polar surface area (TPSA) is 92.6 Å². The second-order valence-corrected chi connectivity index (χ2v) is 8.32. The fourth-order valence-corrected chi connectivity index (χ4v) is 4.71. The van der Waals surface area contributed by atoms with E-state index < -0.39 is 14.9 Å². The van der Waals surface area contributed by atoms with E-state index in [0.717, 1.165) is 10.9 Å². The minimum Gasteiger partial charge on any atom is -0.372 e. The van der Waals surface area contributed by atoms with Crippen LogP contribution in [-0.2, 0) is 10.0 Å². The molecule has 0 aliphatic carbocycles. The lowest BCUT2D eigenvalue weighted by molar-refractivity contribution is -0.384. The average Bonchev–Trinajstić information content (AvgIpc) is 3.10. The van der Waals surface area contributed by atoms with Crippen molar-refractivity contribution in [2.75, 3.05) is 18.4 Å². The smallest absolute Gasteiger partial charge is 0.293 e. The monoisotopic (exact) mass is 383 g/mol. The van der Waals surface area contributed by atoms with Crippen LogP contribution in [-0.4, -0.2) is 30.7 Å². The molecule has 2 rings (SSSR count). The summed E-state index contributed by atoms with van der Waals surface area (Å²) in [5.74, 6) is 0. The molecule has 1 heterocycles. The number of thiophene rings is 1. The Hall–Kier alpha value is -1.97. The van der Waals surface area contributed by atoms with Crippen molar-refractivity contribution < 1.29 is 13.3 Å². The molecule has 7 nitrogen and oxygen atoms in total. The SMILES string of the molecule is CCN(CC)S(=O)(=O)c1ccc(NC(C)c2cccs2)c([N+](=O)[O-])c1. The predicted molar refractivity (Wildman–Crippen MR) is 99.6 cm³/mol. The van der Waals surface area contributed by atoms with Crippen LogP contribution in [0.5, 0.6) is 0 Å². The van der Waals surface area contributed by atoms with Gasteiger partial charge >= 0.3 is 0 Å². The lowest BCUT2D eigenvalue weighted by atomic mass is 10.2. The molecule has 0 fully saturated rings. The van der Waals surface area contributed by atoms with Gasteiger partial charge in [-0.1, -0.05) is 19.9 Å². The Kier molecular flexibility index (Phi) is 6.15. The van der Waals surface area contributed by atoms with E-state index in [1.54, 1.807) is 25.2 Å². The zero-order valence-electron chi connectivity index (χ0n) is 14.3. The van der Waals surface area contributed by atoms with Crippen molar-refractivity contribution in [3.05, 3.63) is 50.7 Å². The highest BCUT2D eigenvalue weighted by molar-refractivity contribution is 7.89. The average molecular weight is 383 g/mol. The molecular formula is C16H21N3O4S2. The highest BCUT2D eigenvalue weighted by atomic mass is 32.2. The third kappa shape index (κ3) is 4.17. The van der Waals surface area contributed by atoms with Crippen LogP contribution >= 0.6 is 11.3 Å². The van der Waals surface area contributed by atoms with E-state index in [1.165, 1.54) is 16.4 Å². The number of sulfonamides is 1. The summed E-state index contributed by atoms with van der Waals surface area (Å²) in [6.07, 6.45) is 0. The van der Waals surface area contributed by atoms with Gasteiger partial charge in [-0.2, -0.15) is 4.31 Å². The van der Waals surface area contributed by atoms with E-state index in [4.69, 9.17) is 0 Å². The molecule has 0 radical (unpaired) electrons. The summed E-state index contributed by atoms with van der Waals surface area (Å²) in [5, 5.41) is 16.5. The van der Waals surface area contributed by atoms with Crippen LogP contribution in [0.2, 0.25) is 0 Å². The molecule has 25 heavy (non-hydrogen) atoms. The molecule has 0 amide bonds. The van der Waals surface area contributed by atoms with Crippen molar-refractivity contribution >= 4 is 32.7 Å². The molecule has 0 spiro atoms. The Labute approximate surface area is 151 Å². The van der Waals surface area contributed by atoms with E-state index in [-0.39, 0.29) is 16.6 Å². The lowest BCUT2D eigenvalue weighted by Gasteiger charge is -2.19. The molecule has 1 aromatic carbocycles. The van der Waals surface area contributed by atoms with Crippen molar-refractivity contribution in [1.29, 1.82) is 0 Å². The van der Waals surface area contributed by atoms with Gasteiger partial charge in [-0.25, -0.2) is 8.42 Å². The standard InChI is InChI=1S/C16H21N3O4S2/c1-4-18(5-2)25(22,23)13-8-9-14(15(11-13)19(20)21)17-12(3)16-7-6-10-24-16/h6-12,17H,4-5H2,1-3H3. The maximum absolute atomic E-state index is 12.6. The van der Waals surface area contributed by atoms with Crippen molar-refractivity contribution in [3.63, 3.8) is 0 Å². The van der Waals surface area contributed by atoms with Crippen LogP contribution in [0, 0.1) is 10.1 Å². The number of nitro groups is 1. The fraction of sp³-hybridized carbons (Fsp3) is 0.375. The summed E-state index contributed by atoms with van der Waals surface area (Å²) < 4.78 is 26.4. The highest BCUT2D eigenvalue weighted by Crippen LogP contribution is 2.32. The van der Waals surface area contributed by atoms with Gasteiger partial charge in [0.1, 0.15) is 5.69 Å². The largest absolute Gasteiger partial charge is 0.372 e. The third-order valence-corrected chi connectivity index (χ3v) is 6.95. The molecule has 2 aromatic rings. The summed E-state index contributed by atoms with van der Waals surface area (Å²) in [5.41, 5.74) is 0.0426. The number of rotatable bonds is 8. The summed E-state index contributed by atoms with van der Waals surface area (Å²) >= 11 is 1.55. The Morgan fingerprint density at radius 2 is 1.96 bits per heavy atom. The molecule has 0 aliphatic rings. The van der Waals surface area contributed by atoms with Crippen LogP contribution < -0.4 is 5.32 Å². The fourth-order valence-electron chi connectivity index (χ4n) is 2.50. The maximum atomic E-state index is 12.6. The second kappa shape index (κ2) is 7.94. The van der Waals surface area contributed by atoms with Gasteiger partial charge in [0.25, 0.3) is 5.69 Å². The van der Waals surface area contributed by atoms with Crippen LogP contribution in [0.25, 0.3) is 0 Å². The number of nitro benzene ring substituents is 1. The van der Waals surface area contributed by atoms with Gasteiger partial charge in [0.2, 0.25) is 10.0 Å². The van der Waals surface area contributed by atoms with Crippen molar-refractivity contribution in [1.82, 2.24) is 4.31 Å². The normalized spacial score (nSPS) is 13.0. The van der Waals surface area contributed by atoms with Gasteiger partial charge in [-0.3, -0.25) is 10.1 Å². The minimum absolute atomic E-state index is 0.0720. The second-order valence-electron chi connectivity index (χ2n) is 5.41. The Balaban J connectivity index is 2.40. The lowest BCUT2D eigenvalue weighted by Crippen LogP contribution is -2.30. The Morgan fingerprint density at radius 3 is 2.48 bits per heavy atom. The summed E-state index contributed by atoms with van der Waals surface area (Å²) in [6.45, 7) is 5.97. The highest BCUT2D eigenvalue weighted by Gasteiger charge is 2.26. The zero-order valence-corrected chi connectivity index (χ0v) is 15.9. The van der Waals surface area contributed by atoms with Crippen molar-refractivity contribution in [2.24, 2.45) is 0 Å². The van der Waals surface area contributed by atoms with Crippen LogP contribution in [0.3, 0.4) is 0 Å². The van der Waals surface area contributed by atoms with E-state index in [0.29, 0.717) is 18.8 Å². The molecule has 0 saturated carbocycles. The van der Waals surface area contributed by atoms with Gasteiger partial charge < -0.3 is 5.32 Å². The van der Waals surface area contributed by atoms with Crippen molar-refractivity contribution in [3.8, 4) is 0 Å². The molecule has 136 valence electrons. The van der Waals surface area contributed by atoms with Crippen LogP contribution in [0.4, 0.5) is 11.4 Å². The molecule has 1 unspecified atom stereocenters. The first-order valence-corrected chi connectivity index (χ1v) is 10.2. The number of hydrogen-bond donors (Lipinski definition) is 1. The van der Waals surface area contributed by atoms with Gasteiger partial charge in [-0.05, 0) is 30.5 Å².